The first-order chi connectivity index (χ1) is 9.30. The maximum atomic E-state index is 11.5. The first-order valence-corrected chi connectivity index (χ1v) is 7.41. The number of carbonyl (C=O) groups is 1. The van der Waals surface area contributed by atoms with Crippen molar-refractivity contribution in [3.8, 4) is 0 Å². The van der Waals surface area contributed by atoms with Gasteiger partial charge in [0.2, 0.25) is 0 Å². The number of hydrogen-bond acceptors (Lipinski definition) is 3. The van der Waals surface area contributed by atoms with Crippen molar-refractivity contribution in [2.45, 2.75) is 59.4 Å². The van der Waals surface area contributed by atoms with Crippen LogP contribution in [0.15, 0.2) is 6.33 Å². The zero-order chi connectivity index (χ0) is 14.9. The number of nitrogens with zero attached hydrogens (tertiary/aromatic N) is 3. The first kappa shape index (κ1) is 15.0. The van der Waals surface area contributed by atoms with Gasteiger partial charge in [-0.25, -0.2) is 9.67 Å². The van der Waals surface area contributed by atoms with Crippen LogP contribution in [0.4, 0.5) is 0 Å². The molecule has 0 saturated heterocycles. The molecule has 0 bridgehead atoms. The van der Waals surface area contributed by atoms with Crippen molar-refractivity contribution >= 4 is 5.97 Å². The molecule has 1 aliphatic rings. The van der Waals surface area contributed by atoms with E-state index >= 15 is 0 Å². The van der Waals surface area contributed by atoms with Crippen molar-refractivity contribution in [3.63, 3.8) is 0 Å². The van der Waals surface area contributed by atoms with Gasteiger partial charge in [0.15, 0.2) is 0 Å². The quantitative estimate of drug-likeness (QED) is 0.920. The van der Waals surface area contributed by atoms with Crippen LogP contribution in [-0.4, -0.2) is 25.8 Å². The lowest BCUT2D eigenvalue weighted by Crippen LogP contribution is -2.36. The average Bonchev–Trinajstić information content (AvgIpc) is 2.75. The molecule has 0 aliphatic heterocycles. The molecule has 5 nitrogen and oxygen atoms in total. The summed E-state index contributed by atoms with van der Waals surface area (Å²) in [5.74, 6) is 0.147. The van der Waals surface area contributed by atoms with Crippen LogP contribution in [0.1, 0.15) is 58.8 Å². The van der Waals surface area contributed by atoms with Gasteiger partial charge in [0.1, 0.15) is 12.2 Å². The van der Waals surface area contributed by atoms with E-state index in [1.54, 1.807) is 6.33 Å². The second kappa shape index (κ2) is 5.54. The van der Waals surface area contributed by atoms with Gasteiger partial charge in [-0.05, 0) is 44.4 Å². The molecule has 0 spiro atoms. The lowest BCUT2D eigenvalue weighted by molar-refractivity contribution is -0.146. The maximum absolute atomic E-state index is 11.5. The predicted octanol–water partition coefficient (Wildman–Crippen LogP) is 2.93. The highest BCUT2D eigenvalue weighted by Gasteiger charge is 2.39. The highest BCUT2D eigenvalue weighted by Crippen LogP contribution is 2.43. The van der Waals surface area contributed by atoms with Crippen molar-refractivity contribution in [3.05, 3.63) is 12.2 Å². The summed E-state index contributed by atoms with van der Waals surface area (Å²) < 4.78 is 1.90. The second-order valence-electron chi connectivity index (χ2n) is 7.03. The van der Waals surface area contributed by atoms with E-state index in [0.29, 0.717) is 6.42 Å². The summed E-state index contributed by atoms with van der Waals surface area (Å²) in [6.07, 6.45) is 4.97. The van der Waals surface area contributed by atoms with E-state index in [-0.39, 0.29) is 23.3 Å². The van der Waals surface area contributed by atoms with Crippen LogP contribution < -0.4 is 0 Å². The summed E-state index contributed by atoms with van der Waals surface area (Å²) in [6.45, 7) is 8.59. The number of hydrogen-bond donors (Lipinski definition) is 1. The minimum Gasteiger partial charge on any atom is -0.481 e. The van der Waals surface area contributed by atoms with E-state index in [1.165, 1.54) is 0 Å². The van der Waals surface area contributed by atoms with Crippen LogP contribution in [0, 0.1) is 17.3 Å². The van der Waals surface area contributed by atoms with Gasteiger partial charge in [0, 0.05) is 12.5 Å². The Labute approximate surface area is 120 Å². The van der Waals surface area contributed by atoms with Crippen LogP contribution in [0.2, 0.25) is 0 Å². The summed E-state index contributed by atoms with van der Waals surface area (Å²) in [7, 11) is 0. The number of carboxylic acid groups (broad SMARTS) is 1. The lowest BCUT2D eigenvalue weighted by atomic mass is 9.66. The molecule has 2 rings (SSSR count). The normalized spacial score (nSPS) is 25.9. The maximum Gasteiger partial charge on any atom is 0.306 e. The number of aromatic nitrogens is 3. The number of carboxylic acids is 1. The molecule has 0 amide bonds. The van der Waals surface area contributed by atoms with Crippen molar-refractivity contribution in [1.82, 2.24) is 14.8 Å². The Morgan fingerprint density at radius 3 is 2.85 bits per heavy atom. The van der Waals surface area contributed by atoms with E-state index in [9.17, 15) is 9.90 Å². The standard InChI is InChI=1S/C15H25N3O2/c1-10(2)18-13(16-9-17-18)7-11-8-15(3,4)6-5-12(11)14(19)20/h9-12H,5-8H2,1-4H3,(H,19,20). The fraction of sp³-hybridized carbons (Fsp3) is 0.800. The number of rotatable bonds is 4. The van der Waals surface area contributed by atoms with E-state index < -0.39 is 5.97 Å². The highest BCUT2D eigenvalue weighted by atomic mass is 16.4. The van der Waals surface area contributed by atoms with E-state index in [4.69, 9.17) is 0 Å². The van der Waals surface area contributed by atoms with Crippen LogP contribution in [0.25, 0.3) is 0 Å². The third-order valence-corrected chi connectivity index (χ3v) is 4.41. The van der Waals surface area contributed by atoms with Gasteiger partial charge in [0.25, 0.3) is 0 Å². The Kier molecular flexibility index (Phi) is 4.16. The highest BCUT2D eigenvalue weighted by molar-refractivity contribution is 5.70. The summed E-state index contributed by atoms with van der Waals surface area (Å²) in [5, 5.41) is 13.7. The van der Waals surface area contributed by atoms with Crippen LogP contribution >= 0.6 is 0 Å². The van der Waals surface area contributed by atoms with Crippen molar-refractivity contribution in [1.29, 1.82) is 0 Å². The summed E-state index contributed by atoms with van der Waals surface area (Å²) in [4.78, 5) is 15.8. The monoisotopic (exact) mass is 279 g/mol. The van der Waals surface area contributed by atoms with Gasteiger partial charge in [0.05, 0.1) is 5.92 Å². The number of aliphatic carboxylic acids is 1. The van der Waals surface area contributed by atoms with Crippen LogP contribution in [-0.2, 0) is 11.2 Å². The molecule has 1 saturated carbocycles. The van der Waals surface area contributed by atoms with Gasteiger partial charge in [-0.2, -0.15) is 5.10 Å². The molecular weight excluding hydrogens is 254 g/mol. The van der Waals surface area contributed by atoms with Crippen molar-refractivity contribution in [2.24, 2.45) is 17.3 Å². The Morgan fingerprint density at radius 2 is 2.25 bits per heavy atom. The molecule has 0 aromatic carbocycles. The fourth-order valence-electron chi connectivity index (χ4n) is 3.36. The summed E-state index contributed by atoms with van der Waals surface area (Å²) in [5.41, 5.74) is 0.222. The molecule has 2 unspecified atom stereocenters. The largest absolute Gasteiger partial charge is 0.481 e. The van der Waals surface area contributed by atoms with Crippen LogP contribution in [0.5, 0.6) is 0 Å². The summed E-state index contributed by atoms with van der Waals surface area (Å²) in [6, 6.07) is 0.257. The molecule has 112 valence electrons. The molecular formula is C15H25N3O2. The molecule has 1 fully saturated rings. The van der Waals surface area contributed by atoms with Crippen molar-refractivity contribution < 1.29 is 9.90 Å². The second-order valence-corrected chi connectivity index (χ2v) is 7.03. The Bertz CT molecular complexity index is 479. The SMILES string of the molecule is CC(C)n1ncnc1CC1CC(C)(C)CCC1C(=O)O. The Hall–Kier alpha value is -1.39. The van der Waals surface area contributed by atoms with Crippen molar-refractivity contribution in [2.75, 3.05) is 0 Å². The molecule has 1 aromatic rings. The molecule has 5 heteroatoms. The van der Waals surface area contributed by atoms with Gasteiger partial charge in [-0.1, -0.05) is 13.8 Å². The Morgan fingerprint density at radius 1 is 1.55 bits per heavy atom. The molecule has 1 heterocycles. The minimum absolute atomic E-state index is 0.151. The minimum atomic E-state index is -0.666. The summed E-state index contributed by atoms with van der Waals surface area (Å²) >= 11 is 0. The van der Waals surface area contributed by atoms with Gasteiger partial charge < -0.3 is 5.11 Å². The van der Waals surface area contributed by atoms with Gasteiger partial charge in [-0.15, -0.1) is 0 Å². The molecule has 2 atom stereocenters. The van der Waals surface area contributed by atoms with E-state index in [1.807, 2.05) is 4.68 Å². The molecule has 20 heavy (non-hydrogen) atoms. The van der Waals surface area contributed by atoms with E-state index in [2.05, 4.69) is 37.8 Å². The third kappa shape index (κ3) is 3.19. The molecule has 1 aliphatic carbocycles. The van der Waals surface area contributed by atoms with Gasteiger partial charge >= 0.3 is 5.97 Å². The topological polar surface area (TPSA) is 68.0 Å². The zero-order valence-corrected chi connectivity index (χ0v) is 12.8. The smallest absolute Gasteiger partial charge is 0.306 e. The molecule has 1 N–H and O–H groups in total. The fourth-order valence-corrected chi connectivity index (χ4v) is 3.36. The lowest BCUT2D eigenvalue weighted by Gasteiger charge is -2.39. The van der Waals surface area contributed by atoms with Crippen LogP contribution in [0.3, 0.4) is 0 Å². The Balaban J connectivity index is 2.19. The zero-order valence-electron chi connectivity index (χ0n) is 12.8. The first-order valence-electron chi connectivity index (χ1n) is 7.41. The molecule has 0 radical (unpaired) electrons. The van der Waals surface area contributed by atoms with Gasteiger partial charge in [-0.3, -0.25) is 4.79 Å². The molecule has 1 aromatic heterocycles. The average molecular weight is 279 g/mol. The predicted molar refractivity (Wildman–Crippen MR) is 76.4 cm³/mol. The van der Waals surface area contributed by atoms with E-state index in [0.717, 1.165) is 25.1 Å². The third-order valence-electron chi connectivity index (χ3n) is 4.41.